The summed E-state index contributed by atoms with van der Waals surface area (Å²) in [7, 11) is 0. The largest absolute Gasteiger partial charge is 0.338 e. The van der Waals surface area contributed by atoms with Gasteiger partial charge in [0.25, 0.3) is 0 Å². The number of hydrogen-bond acceptors (Lipinski definition) is 4. The number of hydrogen-bond donors (Lipinski definition) is 2. The molecule has 0 unspecified atom stereocenters. The van der Waals surface area contributed by atoms with Gasteiger partial charge in [-0.3, -0.25) is 0 Å². The van der Waals surface area contributed by atoms with Gasteiger partial charge in [0.2, 0.25) is 0 Å². The van der Waals surface area contributed by atoms with Crippen LogP contribution in [0.15, 0.2) is 28.4 Å². The Labute approximate surface area is 127 Å². The summed E-state index contributed by atoms with van der Waals surface area (Å²) in [6.45, 7) is 5.42. The lowest BCUT2D eigenvalue weighted by Gasteiger charge is -2.14. The van der Waals surface area contributed by atoms with E-state index in [9.17, 15) is 4.79 Å². The number of thiophene rings is 1. The van der Waals surface area contributed by atoms with E-state index in [2.05, 4.69) is 46.3 Å². The quantitative estimate of drug-likeness (QED) is 0.859. The van der Waals surface area contributed by atoms with E-state index in [1.54, 1.807) is 28.9 Å². The van der Waals surface area contributed by atoms with Gasteiger partial charge in [0, 0.05) is 30.6 Å². The molecule has 2 N–H and O–H groups in total. The van der Waals surface area contributed by atoms with Gasteiger partial charge >= 0.3 is 6.03 Å². The van der Waals surface area contributed by atoms with Crippen molar-refractivity contribution in [3.8, 4) is 0 Å². The fourth-order valence-electron chi connectivity index (χ4n) is 1.79. The average molecular weight is 309 g/mol. The van der Waals surface area contributed by atoms with Gasteiger partial charge in [-0.2, -0.15) is 11.3 Å². The topological polar surface area (TPSA) is 54.0 Å². The molecule has 0 bridgehead atoms. The van der Waals surface area contributed by atoms with Crippen LogP contribution < -0.4 is 10.6 Å². The molecule has 2 amide bonds. The maximum atomic E-state index is 11.8. The fraction of sp³-hybridized carbons (Fsp3) is 0.429. The molecule has 0 aliphatic heterocycles. The van der Waals surface area contributed by atoms with Crippen LogP contribution in [-0.2, 0) is 0 Å². The van der Waals surface area contributed by atoms with Crippen molar-refractivity contribution in [3.05, 3.63) is 39.0 Å². The van der Waals surface area contributed by atoms with Crippen molar-refractivity contribution in [3.63, 3.8) is 0 Å². The van der Waals surface area contributed by atoms with E-state index < -0.39 is 0 Å². The van der Waals surface area contributed by atoms with Crippen LogP contribution in [0.25, 0.3) is 0 Å². The highest BCUT2D eigenvalue weighted by Crippen LogP contribution is 2.17. The molecule has 2 atom stereocenters. The molecular weight excluding hydrogens is 290 g/mol. The monoisotopic (exact) mass is 309 g/mol. The summed E-state index contributed by atoms with van der Waals surface area (Å²) in [5.74, 6) is 0.582. The predicted octanol–water partition coefficient (Wildman–Crippen LogP) is 3.41. The zero-order valence-electron chi connectivity index (χ0n) is 11.6. The van der Waals surface area contributed by atoms with Crippen molar-refractivity contribution >= 4 is 28.7 Å². The average Bonchev–Trinajstić information content (AvgIpc) is 3.14. The third-order valence-electron chi connectivity index (χ3n) is 3.12. The van der Waals surface area contributed by atoms with Crippen LogP contribution in [0, 0.1) is 0 Å². The molecule has 0 saturated carbocycles. The molecule has 0 spiro atoms. The smallest absolute Gasteiger partial charge is 0.314 e. The molecule has 108 valence electrons. The number of nitrogens with one attached hydrogen (secondary N) is 2. The third kappa shape index (κ3) is 4.31. The Bertz CT molecular complexity index is 464. The molecule has 0 saturated heterocycles. The standard InChI is InChI=1S/C14H19N3OS2/c1-10(12-3-5-19-9-12)7-16-14(18)17-8-11(2)13-15-4-6-20-13/h3-6,9-11H,7-8H2,1-2H3,(H2,16,17,18)/t10-,11-/m1/s1. The maximum Gasteiger partial charge on any atom is 0.314 e. The number of carbonyl (C=O) groups excluding carboxylic acids is 1. The molecule has 0 fully saturated rings. The Hall–Kier alpha value is -1.40. The SMILES string of the molecule is C[C@H](CNC(=O)NC[C@@H](C)c1nccs1)c1ccsc1. The van der Waals surface area contributed by atoms with Gasteiger partial charge in [-0.05, 0) is 28.3 Å². The highest BCUT2D eigenvalue weighted by molar-refractivity contribution is 7.09. The van der Waals surface area contributed by atoms with Crippen molar-refractivity contribution in [2.45, 2.75) is 25.7 Å². The van der Waals surface area contributed by atoms with Gasteiger partial charge in [-0.1, -0.05) is 13.8 Å². The molecule has 2 aromatic heterocycles. The van der Waals surface area contributed by atoms with Crippen LogP contribution in [0.2, 0.25) is 0 Å². The predicted molar refractivity (Wildman–Crippen MR) is 84.7 cm³/mol. The highest BCUT2D eigenvalue weighted by Gasteiger charge is 2.11. The van der Waals surface area contributed by atoms with E-state index in [4.69, 9.17) is 0 Å². The second-order valence-electron chi connectivity index (χ2n) is 4.82. The Morgan fingerprint density at radius 2 is 2.00 bits per heavy atom. The number of carbonyl (C=O) groups is 1. The zero-order chi connectivity index (χ0) is 14.4. The molecule has 2 rings (SSSR count). The number of rotatable bonds is 6. The summed E-state index contributed by atoms with van der Waals surface area (Å²) < 4.78 is 0. The first-order valence-corrected chi connectivity index (χ1v) is 8.42. The number of aromatic nitrogens is 1. The fourth-order valence-corrected chi connectivity index (χ4v) is 3.27. The van der Waals surface area contributed by atoms with Crippen LogP contribution >= 0.6 is 22.7 Å². The molecule has 6 heteroatoms. The lowest BCUT2D eigenvalue weighted by molar-refractivity contribution is 0.240. The summed E-state index contributed by atoms with van der Waals surface area (Å²) in [5, 5.41) is 13.0. The van der Waals surface area contributed by atoms with Crippen molar-refractivity contribution in [1.82, 2.24) is 15.6 Å². The molecule has 0 aliphatic rings. The van der Waals surface area contributed by atoms with Gasteiger partial charge in [0.15, 0.2) is 0 Å². The first kappa shape index (κ1) is 15.0. The number of thiazole rings is 1. The second-order valence-corrected chi connectivity index (χ2v) is 6.53. The number of urea groups is 1. The summed E-state index contributed by atoms with van der Waals surface area (Å²) in [6.07, 6.45) is 1.79. The molecule has 2 aromatic rings. The molecule has 20 heavy (non-hydrogen) atoms. The van der Waals surface area contributed by atoms with Crippen LogP contribution in [-0.4, -0.2) is 24.1 Å². The molecule has 0 aromatic carbocycles. The molecule has 0 radical (unpaired) electrons. The first-order chi connectivity index (χ1) is 9.66. The summed E-state index contributed by atoms with van der Waals surface area (Å²) in [4.78, 5) is 16.0. The number of nitrogens with zero attached hydrogens (tertiary/aromatic N) is 1. The van der Waals surface area contributed by atoms with Crippen LogP contribution in [0.3, 0.4) is 0 Å². The number of amides is 2. The van der Waals surface area contributed by atoms with E-state index in [1.807, 2.05) is 5.38 Å². The third-order valence-corrected chi connectivity index (χ3v) is 4.83. The minimum absolute atomic E-state index is 0.115. The summed E-state index contributed by atoms with van der Waals surface area (Å²) in [5.41, 5.74) is 1.27. The van der Waals surface area contributed by atoms with Crippen LogP contribution in [0.4, 0.5) is 4.79 Å². The van der Waals surface area contributed by atoms with E-state index in [0.717, 1.165) is 5.01 Å². The minimum atomic E-state index is -0.115. The molecular formula is C14H19N3OS2. The van der Waals surface area contributed by atoms with Gasteiger partial charge in [-0.25, -0.2) is 9.78 Å². The molecule has 2 heterocycles. The van der Waals surface area contributed by atoms with Crippen molar-refractivity contribution in [1.29, 1.82) is 0 Å². The Balaban J connectivity index is 1.68. The van der Waals surface area contributed by atoms with Gasteiger partial charge < -0.3 is 10.6 Å². The molecule has 4 nitrogen and oxygen atoms in total. The lowest BCUT2D eigenvalue weighted by Crippen LogP contribution is -2.39. The van der Waals surface area contributed by atoms with Crippen LogP contribution in [0.5, 0.6) is 0 Å². The van der Waals surface area contributed by atoms with Crippen molar-refractivity contribution < 1.29 is 4.79 Å². The minimum Gasteiger partial charge on any atom is -0.338 e. The van der Waals surface area contributed by atoms with Gasteiger partial charge in [0.05, 0.1) is 5.01 Å². The van der Waals surface area contributed by atoms with Crippen LogP contribution in [0.1, 0.15) is 36.3 Å². The molecule has 0 aliphatic carbocycles. The first-order valence-electron chi connectivity index (χ1n) is 6.60. The van der Waals surface area contributed by atoms with Crippen molar-refractivity contribution in [2.24, 2.45) is 0 Å². The van der Waals surface area contributed by atoms with Gasteiger partial charge in [-0.15, -0.1) is 11.3 Å². The van der Waals surface area contributed by atoms with E-state index in [-0.39, 0.29) is 11.9 Å². The summed E-state index contributed by atoms with van der Waals surface area (Å²) >= 11 is 3.30. The highest BCUT2D eigenvalue weighted by atomic mass is 32.1. The normalized spacial score (nSPS) is 13.7. The lowest BCUT2D eigenvalue weighted by atomic mass is 10.1. The van der Waals surface area contributed by atoms with E-state index >= 15 is 0 Å². The Kier molecular flexibility index (Phi) is 5.55. The Morgan fingerprint density at radius 1 is 1.25 bits per heavy atom. The second kappa shape index (κ2) is 7.40. The Morgan fingerprint density at radius 3 is 2.60 bits per heavy atom. The van der Waals surface area contributed by atoms with E-state index in [0.29, 0.717) is 19.0 Å². The van der Waals surface area contributed by atoms with E-state index in [1.165, 1.54) is 5.56 Å². The van der Waals surface area contributed by atoms with Crippen molar-refractivity contribution in [2.75, 3.05) is 13.1 Å². The van der Waals surface area contributed by atoms with Gasteiger partial charge in [0.1, 0.15) is 0 Å². The zero-order valence-corrected chi connectivity index (χ0v) is 13.3. The maximum absolute atomic E-state index is 11.8. The summed E-state index contributed by atoms with van der Waals surface area (Å²) in [6, 6.07) is 1.98.